The number of aryl methyl sites for hydroxylation is 1. The average molecular weight is 342 g/mol. The van der Waals surface area contributed by atoms with E-state index < -0.39 is 10.0 Å². The van der Waals surface area contributed by atoms with Crippen LogP contribution in [0.5, 0.6) is 0 Å². The van der Waals surface area contributed by atoms with Crippen molar-refractivity contribution in [2.24, 2.45) is 0 Å². The molecule has 1 aliphatic rings. The molecule has 118 valence electrons. The highest BCUT2D eigenvalue weighted by atomic mass is 35.5. The van der Waals surface area contributed by atoms with E-state index in [2.05, 4.69) is 10.2 Å². The van der Waals surface area contributed by atoms with E-state index in [1.54, 1.807) is 25.1 Å². The number of rotatable bonds is 3. The molecule has 8 heteroatoms. The van der Waals surface area contributed by atoms with Gasteiger partial charge in [0.1, 0.15) is 4.90 Å². The molecule has 0 N–H and O–H groups in total. The Bertz CT molecular complexity index is 767. The fourth-order valence-electron chi connectivity index (χ4n) is 2.61. The van der Waals surface area contributed by atoms with E-state index in [4.69, 9.17) is 16.0 Å². The number of sulfonamides is 1. The minimum absolute atomic E-state index is 0.110. The summed E-state index contributed by atoms with van der Waals surface area (Å²) in [6, 6.07) is 6.51. The van der Waals surface area contributed by atoms with Crippen molar-refractivity contribution in [3.63, 3.8) is 0 Å². The van der Waals surface area contributed by atoms with Crippen molar-refractivity contribution in [3.8, 4) is 0 Å². The third-order valence-corrected chi connectivity index (χ3v) is 6.20. The van der Waals surface area contributed by atoms with Crippen LogP contribution < -0.4 is 0 Å². The van der Waals surface area contributed by atoms with Gasteiger partial charge in [-0.15, -0.1) is 10.2 Å². The van der Waals surface area contributed by atoms with E-state index in [-0.39, 0.29) is 15.8 Å². The molecule has 0 bridgehead atoms. The number of hydrogen-bond donors (Lipinski definition) is 0. The summed E-state index contributed by atoms with van der Waals surface area (Å²) in [5.74, 6) is 1.23. The van der Waals surface area contributed by atoms with Crippen LogP contribution in [0.25, 0.3) is 0 Å². The van der Waals surface area contributed by atoms with Gasteiger partial charge < -0.3 is 4.42 Å². The highest BCUT2D eigenvalue weighted by Crippen LogP contribution is 2.31. The largest absolute Gasteiger partial charge is 0.425 e. The van der Waals surface area contributed by atoms with Gasteiger partial charge in [0.25, 0.3) is 0 Å². The van der Waals surface area contributed by atoms with Gasteiger partial charge in [0, 0.05) is 25.9 Å². The van der Waals surface area contributed by atoms with Gasteiger partial charge in [0.05, 0.1) is 5.02 Å². The van der Waals surface area contributed by atoms with E-state index >= 15 is 0 Å². The lowest BCUT2D eigenvalue weighted by Gasteiger charge is -2.29. The molecule has 0 spiro atoms. The van der Waals surface area contributed by atoms with Crippen LogP contribution in [-0.2, 0) is 10.0 Å². The first kappa shape index (κ1) is 15.5. The standard InChI is InChI=1S/C14H16ClN3O3S/c1-10-16-17-14(21-10)11-6-8-18(9-7-11)22(19,20)13-5-3-2-4-12(13)15/h2-5,11H,6-9H2,1H3. The summed E-state index contributed by atoms with van der Waals surface area (Å²) in [4.78, 5) is 0.156. The van der Waals surface area contributed by atoms with Crippen molar-refractivity contribution >= 4 is 21.6 Å². The summed E-state index contributed by atoms with van der Waals surface area (Å²) in [5, 5.41) is 8.09. The highest BCUT2D eigenvalue weighted by Gasteiger charge is 2.32. The summed E-state index contributed by atoms with van der Waals surface area (Å²) < 4.78 is 32.2. The van der Waals surface area contributed by atoms with Gasteiger partial charge in [0.2, 0.25) is 21.8 Å². The third-order valence-electron chi connectivity index (χ3n) is 3.80. The molecule has 0 saturated carbocycles. The van der Waals surface area contributed by atoms with Crippen molar-refractivity contribution in [2.75, 3.05) is 13.1 Å². The molecule has 0 atom stereocenters. The number of benzene rings is 1. The first-order valence-electron chi connectivity index (χ1n) is 7.03. The lowest BCUT2D eigenvalue weighted by molar-refractivity contribution is 0.288. The minimum Gasteiger partial charge on any atom is -0.425 e. The maximum absolute atomic E-state index is 12.6. The van der Waals surface area contributed by atoms with Crippen LogP contribution in [0.15, 0.2) is 33.6 Å². The molecule has 0 aliphatic carbocycles. The molecular formula is C14H16ClN3O3S. The Morgan fingerprint density at radius 1 is 1.23 bits per heavy atom. The first-order valence-corrected chi connectivity index (χ1v) is 8.85. The number of halogens is 1. The van der Waals surface area contributed by atoms with E-state index in [1.165, 1.54) is 10.4 Å². The summed E-state index contributed by atoms with van der Waals surface area (Å²) in [7, 11) is -3.56. The van der Waals surface area contributed by atoms with Crippen molar-refractivity contribution in [1.29, 1.82) is 0 Å². The zero-order valence-corrected chi connectivity index (χ0v) is 13.6. The maximum Gasteiger partial charge on any atom is 0.244 e. The molecular weight excluding hydrogens is 326 g/mol. The molecule has 2 heterocycles. The van der Waals surface area contributed by atoms with E-state index in [0.29, 0.717) is 37.7 Å². The number of hydrogen-bond acceptors (Lipinski definition) is 5. The normalized spacial score (nSPS) is 17.7. The van der Waals surface area contributed by atoms with Gasteiger partial charge in [-0.05, 0) is 25.0 Å². The maximum atomic E-state index is 12.6. The molecule has 1 saturated heterocycles. The van der Waals surface area contributed by atoms with Gasteiger partial charge in [-0.25, -0.2) is 8.42 Å². The van der Waals surface area contributed by atoms with Gasteiger partial charge in [-0.1, -0.05) is 23.7 Å². The molecule has 3 rings (SSSR count). The van der Waals surface area contributed by atoms with Crippen molar-refractivity contribution < 1.29 is 12.8 Å². The van der Waals surface area contributed by atoms with Crippen LogP contribution in [0.1, 0.15) is 30.5 Å². The van der Waals surface area contributed by atoms with Crippen LogP contribution in [-0.4, -0.2) is 36.0 Å². The Balaban J connectivity index is 1.75. The summed E-state index contributed by atoms with van der Waals surface area (Å²) in [5.41, 5.74) is 0. The van der Waals surface area contributed by atoms with Crippen molar-refractivity contribution in [2.45, 2.75) is 30.6 Å². The molecule has 22 heavy (non-hydrogen) atoms. The van der Waals surface area contributed by atoms with E-state index in [1.807, 2.05) is 0 Å². The smallest absolute Gasteiger partial charge is 0.244 e. The molecule has 0 radical (unpaired) electrons. The Morgan fingerprint density at radius 2 is 1.91 bits per heavy atom. The molecule has 0 amide bonds. The van der Waals surface area contributed by atoms with Gasteiger partial charge in [0.15, 0.2) is 0 Å². The Morgan fingerprint density at radius 3 is 2.50 bits per heavy atom. The zero-order valence-electron chi connectivity index (χ0n) is 12.1. The summed E-state index contributed by atoms with van der Waals surface area (Å²) in [6.45, 7) is 2.58. The van der Waals surface area contributed by atoms with Crippen LogP contribution in [0.3, 0.4) is 0 Å². The Hall–Kier alpha value is -1.44. The van der Waals surface area contributed by atoms with Crippen LogP contribution in [0, 0.1) is 6.92 Å². The molecule has 0 unspecified atom stereocenters. The van der Waals surface area contributed by atoms with Crippen molar-refractivity contribution in [3.05, 3.63) is 41.1 Å². The SMILES string of the molecule is Cc1nnc(C2CCN(S(=O)(=O)c3ccccc3Cl)CC2)o1. The second kappa shape index (κ2) is 5.98. The molecule has 1 aliphatic heterocycles. The lowest BCUT2D eigenvalue weighted by atomic mass is 9.98. The Labute approximate surface area is 134 Å². The summed E-state index contributed by atoms with van der Waals surface area (Å²) >= 11 is 6.02. The van der Waals surface area contributed by atoms with Gasteiger partial charge in [-0.2, -0.15) is 4.31 Å². The highest BCUT2D eigenvalue weighted by molar-refractivity contribution is 7.89. The van der Waals surface area contributed by atoms with Crippen LogP contribution >= 0.6 is 11.6 Å². The fraction of sp³-hybridized carbons (Fsp3) is 0.429. The fourth-order valence-corrected chi connectivity index (χ4v) is 4.58. The number of nitrogens with zero attached hydrogens (tertiary/aromatic N) is 3. The number of aromatic nitrogens is 2. The van der Waals surface area contributed by atoms with E-state index in [0.717, 1.165) is 0 Å². The monoisotopic (exact) mass is 341 g/mol. The second-order valence-electron chi connectivity index (χ2n) is 5.27. The molecule has 1 aromatic heterocycles. The predicted octanol–water partition coefficient (Wildman–Crippen LogP) is 2.60. The zero-order chi connectivity index (χ0) is 15.7. The van der Waals surface area contributed by atoms with Crippen LogP contribution in [0.4, 0.5) is 0 Å². The molecule has 2 aromatic rings. The summed E-state index contributed by atoms with van der Waals surface area (Å²) in [6.07, 6.45) is 1.32. The van der Waals surface area contributed by atoms with Gasteiger partial charge >= 0.3 is 0 Å². The molecule has 6 nitrogen and oxygen atoms in total. The Kier molecular flexibility index (Phi) is 4.20. The third kappa shape index (κ3) is 2.88. The lowest BCUT2D eigenvalue weighted by Crippen LogP contribution is -2.38. The first-order chi connectivity index (χ1) is 10.5. The topological polar surface area (TPSA) is 76.3 Å². The van der Waals surface area contributed by atoms with Crippen molar-refractivity contribution in [1.82, 2.24) is 14.5 Å². The second-order valence-corrected chi connectivity index (χ2v) is 7.58. The van der Waals surface area contributed by atoms with Crippen LogP contribution in [0.2, 0.25) is 5.02 Å². The minimum atomic E-state index is -3.56. The van der Waals surface area contributed by atoms with Gasteiger partial charge in [-0.3, -0.25) is 0 Å². The predicted molar refractivity (Wildman–Crippen MR) is 81.2 cm³/mol. The average Bonchev–Trinajstić information content (AvgIpc) is 2.94. The number of piperidine rings is 1. The van der Waals surface area contributed by atoms with E-state index in [9.17, 15) is 8.42 Å². The quantitative estimate of drug-likeness (QED) is 0.857. The molecule has 1 aromatic carbocycles. The molecule has 1 fully saturated rings.